The molecule has 1 aliphatic heterocycles. The first-order chi connectivity index (χ1) is 6.37. The van der Waals surface area contributed by atoms with E-state index in [4.69, 9.17) is 0 Å². The van der Waals surface area contributed by atoms with Gasteiger partial charge in [0.2, 0.25) is 0 Å². The molecule has 0 saturated heterocycles. The van der Waals surface area contributed by atoms with Crippen molar-refractivity contribution in [3.8, 4) is 0 Å². The molecule has 0 bridgehead atoms. The molecule has 1 aliphatic rings. The van der Waals surface area contributed by atoms with Gasteiger partial charge in [-0.2, -0.15) is 13.2 Å². The molecule has 0 aromatic carbocycles. The average molecular weight is 287 g/mol. The molecule has 0 radical (unpaired) electrons. The predicted octanol–water partition coefficient (Wildman–Crippen LogP) is 6.57. The minimum absolute atomic E-state index is 1.22. The Morgan fingerprint density at radius 3 is 1.47 bits per heavy atom. The van der Waals surface area contributed by atoms with E-state index < -0.39 is 28.3 Å². The maximum Gasteiger partial charge on any atom is 0.423 e. The highest BCUT2D eigenvalue weighted by molar-refractivity contribution is 7.79. The zero-order chi connectivity index (χ0) is 12.1. The summed E-state index contributed by atoms with van der Waals surface area (Å²) in [5.41, 5.74) is 0. The lowest BCUT2D eigenvalue weighted by Crippen LogP contribution is -2.11. The lowest BCUT2D eigenvalue weighted by atomic mass is 10.3. The Morgan fingerprint density at radius 1 is 0.733 bits per heavy atom. The van der Waals surface area contributed by atoms with Crippen molar-refractivity contribution in [3.63, 3.8) is 0 Å². The summed E-state index contributed by atoms with van der Waals surface area (Å²) in [4.78, 5) is 0. The van der Waals surface area contributed by atoms with Crippen molar-refractivity contribution in [2.24, 2.45) is 13.5 Å². The highest BCUT2D eigenvalue weighted by Gasteiger charge is 2.45. The van der Waals surface area contributed by atoms with E-state index in [0.717, 1.165) is 0 Å². The number of hydrogen-bond donors (Lipinski definition) is 0. The van der Waals surface area contributed by atoms with E-state index in [-0.39, 0.29) is 0 Å². The van der Waals surface area contributed by atoms with Crippen LogP contribution in [-0.4, -0.2) is 5.16 Å². The summed E-state index contributed by atoms with van der Waals surface area (Å²) in [7, 11) is -15.6. The highest BCUT2D eigenvalue weighted by atomic mass is 31.3. The van der Waals surface area contributed by atoms with Crippen LogP contribution in [0.2, 0.25) is 0 Å². The minimum atomic E-state index is -5.55. The first-order valence-electron chi connectivity index (χ1n) is 3.77. The predicted molar refractivity (Wildman–Crippen MR) is 53.3 cm³/mol. The summed E-state index contributed by atoms with van der Waals surface area (Å²) < 4.78 is 72.1. The molecule has 1 atom stereocenters. The van der Waals surface area contributed by atoms with Gasteiger partial charge in [-0.15, -0.1) is 21.3 Å². The van der Waals surface area contributed by atoms with Gasteiger partial charge in [0.05, 0.1) is 0 Å². The molecule has 11 heteroatoms. The molecular formula is C4H9F5N3P3. The van der Waals surface area contributed by atoms with Crippen LogP contribution >= 0.6 is 23.2 Å². The molecule has 0 fully saturated rings. The number of halogens is 5. The number of nitrogens with zero attached hydrogens (tertiary/aromatic N) is 3. The van der Waals surface area contributed by atoms with Crippen LogP contribution < -0.4 is 0 Å². The Bertz CT molecular complexity index is 429. The van der Waals surface area contributed by atoms with Crippen LogP contribution in [-0.2, 0) is 0 Å². The van der Waals surface area contributed by atoms with Gasteiger partial charge in [-0.25, -0.2) is 0 Å². The van der Waals surface area contributed by atoms with Gasteiger partial charge in [0, 0.05) is 5.16 Å². The third-order valence-electron chi connectivity index (χ3n) is 1.52. The van der Waals surface area contributed by atoms with E-state index in [9.17, 15) is 21.0 Å². The van der Waals surface area contributed by atoms with E-state index in [0.29, 0.717) is 0 Å². The van der Waals surface area contributed by atoms with Crippen LogP contribution in [0.3, 0.4) is 0 Å². The van der Waals surface area contributed by atoms with E-state index in [1.165, 1.54) is 20.8 Å². The normalized spacial score (nSPS) is 33.6. The number of hydrogen-bond acceptors (Lipinski definition) is 3. The van der Waals surface area contributed by atoms with E-state index >= 15 is 0 Å². The third kappa shape index (κ3) is 2.92. The van der Waals surface area contributed by atoms with E-state index in [1.54, 1.807) is 0 Å². The molecule has 90 valence electrons. The van der Waals surface area contributed by atoms with E-state index in [1.807, 2.05) is 4.52 Å². The van der Waals surface area contributed by atoms with Crippen molar-refractivity contribution < 1.29 is 21.0 Å². The zero-order valence-corrected chi connectivity index (χ0v) is 10.8. The first kappa shape index (κ1) is 13.4. The van der Waals surface area contributed by atoms with Gasteiger partial charge in [0.15, 0.2) is 0 Å². The van der Waals surface area contributed by atoms with Gasteiger partial charge in [-0.05, 0) is 0 Å². The zero-order valence-electron chi connectivity index (χ0n) is 8.07. The van der Waals surface area contributed by atoms with Crippen LogP contribution in [0.15, 0.2) is 13.5 Å². The fourth-order valence-electron chi connectivity index (χ4n) is 0.737. The molecule has 15 heavy (non-hydrogen) atoms. The SMILES string of the molecule is CC(C)(C)P1(F)=NP(F)(F)=NP(F)(F)=N1. The third-order valence-corrected chi connectivity index (χ3v) is 8.57. The number of rotatable bonds is 0. The molecule has 1 rings (SSSR count). The largest absolute Gasteiger partial charge is 0.423 e. The second-order valence-electron chi connectivity index (χ2n) is 3.88. The molecule has 3 nitrogen and oxygen atoms in total. The maximum absolute atomic E-state index is 13.9. The lowest BCUT2D eigenvalue weighted by molar-refractivity contribution is 0.673. The van der Waals surface area contributed by atoms with E-state index in [2.05, 4.69) is 9.03 Å². The Kier molecular flexibility index (Phi) is 3.05. The topological polar surface area (TPSA) is 37.1 Å². The standard InChI is InChI=1S/C4H9F5N3P3/c1-4(2,3)13(5)10-14(6,7)12-15(8,9)11-13/h1-3H3. The summed E-state index contributed by atoms with van der Waals surface area (Å²) in [5, 5.41) is -1.43. The van der Waals surface area contributed by atoms with Gasteiger partial charge in [-0.1, -0.05) is 20.8 Å². The summed E-state index contributed by atoms with van der Waals surface area (Å²) in [6.07, 6.45) is 0. The van der Waals surface area contributed by atoms with Crippen molar-refractivity contribution in [2.45, 2.75) is 25.9 Å². The molecule has 0 amide bonds. The van der Waals surface area contributed by atoms with Crippen LogP contribution in [0.5, 0.6) is 0 Å². The van der Waals surface area contributed by atoms with Crippen LogP contribution in [0, 0.1) is 0 Å². The molecule has 1 unspecified atom stereocenters. The fourth-order valence-corrected chi connectivity index (χ4v) is 7.60. The summed E-state index contributed by atoms with van der Waals surface area (Å²) in [6, 6.07) is 0. The van der Waals surface area contributed by atoms with Crippen LogP contribution in [0.4, 0.5) is 21.0 Å². The fraction of sp³-hybridized carbons (Fsp3) is 1.00. The van der Waals surface area contributed by atoms with Gasteiger partial charge in [0.1, 0.15) is 0 Å². The molecule has 1 heterocycles. The van der Waals surface area contributed by atoms with Gasteiger partial charge >= 0.3 is 15.7 Å². The lowest BCUT2D eigenvalue weighted by Gasteiger charge is -2.27. The van der Waals surface area contributed by atoms with Crippen molar-refractivity contribution in [1.82, 2.24) is 0 Å². The Balaban J connectivity index is 3.58. The maximum atomic E-state index is 13.9. The second-order valence-corrected chi connectivity index (χ2v) is 10.2. The average Bonchev–Trinajstić information content (AvgIpc) is 1.72. The molecule has 0 aromatic rings. The Morgan fingerprint density at radius 2 is 1.13 bits per heavy atom. The molecule has 0 spiro atoms. The molecule has 0 aromatic heterocycles. The second kappa shape index (κ2) is 3.41. The summed E-state index contributed by atoms with van der Waals surface area (Å²) in [6.45, 7) is 3.66. The highest BCUT2D eigenvalue weighted by Crippen LogP contribution is 2.84. The van der Waals surface area contributed by atoms with Gasteiger partial charge in [0.25, 0.3) is 7.52 Å². The van der Waals surface area contributed by atoms with Crippen molar-refractivity contribution in [1.29, 1.82) is 0 Å². The molecule has 0 N–H and O–H groups in total. The van der Waals surface area contributed by atoms with Crippen molar-refractivity contribution in [2.75, 3.05) is 0 Å². The summed E-state index contributed by atoms with van der Waals surface area (Å²) in [5.74, 6) is 0. The molecule has 0 saturated carbocycles. The Hall–Kier alpha value is 0.340. The van der Waals surface area contributed by atoms with Crippen LogP contribution in [0.25, 0.3) is 0 Å². The van der Waals surface area contributed by atoms with Crippen LogP contribution in [0.1, 0.15) is 20.8 Å². The summed E-state index contributed by atoms with van der Waals surface area (Å²) >= 11 is 0. The smallest absolute Gasteiger partial charge is 0.182 e. The quantitative estimate of drug-likeness (QED) is 0.357. The van der Waals surface area contributed by atoms with Gasteiger partial charge < -0.3 is 0 Å². The van der Waals surface area contributed by atoms with Crippen molar-refractivity contribution >= 4 is 23.2 Å². The Labute approximate surface area is 84.4 Å². The molecular weight excluding hydrogens is 278 g/mol. The minimum Gasteiger partial charge on any atom is -0.182 e. The van der Waals surface area contributed by atoms with Gasteiger partial charge in [-0.3, -0.25) is 0 Å². The molecule has 0 aliphatic carbocycles. The van der Waals surface area contributed by atoms with Crippen molar-refractivity contribution in [3.05, 3.63) is 0 Å². The monoisotopic (exact) mass is 287 g/mol. The first-order valence-corrected chi connectivity index (χ1v) is 8.31.